The zero-order chi connectivity index (χ0) is 16.4. The molecule has 0 amide bonds. The minimum atomic E-state index is -3.76. The lowest BCUT2D eigenvalue weighted by atomic mass is 10.2. The molecule has 7 heteroatoms. The van der Waals surface area contributed by atoms with E-state index in [9.17, 15) is 12.8 Å². The van der Waals surface area contributed by atoms with Gasteiger partial charge < -0.3 is 16.0 Å². The second-order valence-corrected chi connectivity index (χ2v) is 7.33. The van der Waals surface area contributed by atoms with E-state index in [4.69, 9.17) is 5.73 Å². The summed E-state index contributed by atoms with van der Waals surface area (Å²) in [5.74, 6) is -0.481. The lowest BCUT2D eigenvalue weighted by Gasteiger charge is -2.29. The zero-order valence-electron chi connectivity index (χ0n) is 12.5. The number of nitrogens with one attached hydrogen (secondary N) is 1. The predicted octanol–water partition coefficient (Wildman–Crippen LogP) is 1.65. The summed E-state index contributed by atoms with van der Waals surface area (Å²) in [6.07, 6.45) is 0. The van der Waals surface area contributed by atoms with Crippen LogP contribution in [0, 0.1) is 5.82 Å². The number of halogens is 1. The van der Waals surface area contributed by atoms with Gasteiger partial charge in [-0.05, 0) is 42.5 Å². The molecular formula is C16H18FN3O2S. The quantitative estimate of drug-likeness (QED) is 0.659. The van der Waals surface area contributed by atoms with Crippen LogP contribution in [0.2, 0.25) is 0 Å². The number of hydrogen-bond donors (Lipinski definition) is 2. The summed E-state index contributed by atoms with van der Waals surface area (Å²) in [6.45, 7) is 3.47. The maximum absolute atomic E-state index is 13.0. The Morgan fingerprint density at radius 3 is 2.30 bits per heavy atom. The molecule has 0 bridgehead atoms. The Labute approximate surface area is 134 Å². The Kier molecular flexibility index (Phi) is 4.23. The van der Waals surface area contributed by atoms with Crippen molar-refractivity contribution in [2.24, 2.45) is 0 Å². The highest BCUT2D eigenvalue weighted by atomic mass is 32.2. The minimum Gasteiger partial charge on any atom is -0.398 e. The number of rotatable bonds is 3. The summed E-state index contributed by atoms with van der Waals surface area (Å²) in [6, 6.07) is 9.70. The summed E-state index contributed by atoms with van der Waals surface area (Å²) in [7, 11) is -3.76. The molecule has 23 heavy (non-hydrogen) atoms. The number of piperazine rings is 1. The maximum Gasteiger partial charge on any atom is 0.208 e. The van der Waals surface area contributed by atoms with Gasteiger partial charge in [-0.25, -0.2) is 12.8 Å². The molecule has 122 valence electrons. The zero-order valence-corrected chi connectivity index (χ0v) is 13.3. The molecule has 5 nitrogen and oxygen atoms in total. The second-order valence-electron chi connectivity index (χ2n) is 5.42. The van der Waals surface area contributed by atoms with Crippen LogP contribution in [0.25, 0.3) is 0 Å². The van der Waals surface area contributed by atoms with Crippen LogP contribution < -0.4 is 16.0 Å². The highest BCUT2D eigenvalue weighted by Gasteiger charge is 2.21. The summed E-state index contributed by atoms with van der Waals surface area (Å²) >= 11 is 0. The van der Waals surface area contributed by atoms with E-state index in [1.165, 1.54) is 18.2 Å². The maximum atomic E-state index is 13.0. The molecule has 0 atom stereocenters. The molecule has 0 aliphatic carbocycles. The lowest BCUT2D eigenvalue weighted by molar-refractivity contribution is 0.588. The van der Waals surface area contributed by atoms with Gasteiger partial charge in [0, 0.05) is 31.9 Å². The molecule has 1 aliphatic rings. The van der Waals surface area contributed by atoms with Crippen LogP contribution in [-0.4, -0.2) is 34.6 Å². The molecule has 1 fully saturated rings. The van der Waals surface area contributed by atoms with Crippen molar-refractivity contribution in [2.75, 3.05) is 36.8 Å². The van der Waals surface area contributed by atoms with Crippen LogP contribution in [0.15, 0.2) is 52.3 Å². The van der Waals surface area contributed by atoms with Crippen LogP contribution in [0.1, 0.15) is 0 Å². The van der Waals surface area contributed by atoms with Gasteiger partial charge in [-0.3, -0.25) is 0 Å². The molecule has 0 unspecified atom stereocenters. The first-order chi connectivity index (χ1) is 11.0. The number of nitrogens with zero attached hydrogens (tertiary/aromatic N) is 1. The lowest BCUT2D eigenvalue weighted by Crippen LogP contribution is -2.43. The molecule has 3 rings (SSSR count). The summed E-state index contributed by atoms with van der Waals surface area (Å²) in [5, 5.41) is 3.26. The van der Waals surface area contributed by atoms with Crippen molar-refractivity contribution in [3.63, 3.8) is 0 Å². The number of hydrogen-bond acceptors (Lipinski definition) is 5. The number of sulfone groups is 1. The summed E-state index contributed by atoms with van der Waals surface area (Å²) < 4.78 is 38.2. The average molecular weight is 335 g/mol. The molecule has 1 heterocycles. The highest BCUT2D eigenvalue weighted by Crippen LogP contribution is 2.29. The third-order valence-corrected chi connectivity index (χ3v) is 5.73. The Bertz CT molecular complexity index is 801. The molecular weight excluding hydrogens is 317 g/mol. The van der Waals surface area contributed by atoms with Gasteiger partial charge in [0.2, 0.25) is 9.84 Å². The van der Waals surface area contributed by atoms with Crippen molar-refractivity contribution in [3.05, 3.63) is 48.3 Å². The Morgan fingerprint density at radius 1 is 1.04 bits per heavy atom. The standard InChI is InChI=1S/C16H18FN3O2S/c17-12-1-4-14(5-2-12)23(21,22)16-6-3-13(11-15(16)18)20-9-7-19-8-10-20/h1-6,11,19H,7-10,18H2. The number of nitrogens with two attached hydrogens (primary N) is 1. The topological polar surface area (TPSA) is 75.4 Å². The summed E-state index contributed by atoms with van der Waals surface area (Å²) in [4.78, 5) is 2.23. The van der Waals surface area contributed by atoms with E-state index in [0.29, 0.717) is 0 Å². The van der Waals surface area contributed by atoms with Crippen LogP contribution in [0.5, 0.6) is 0 Å². The fraction of sp³-hybridized carbons (Fsp3) is 0.250. The van der Waals surface area contributed by atoms with Gasteiger partial charge in [0.05, 0.1) is 15.5 Å². The van der Waals surface area contributed by atoms with E-state index in [1.807, 2.05) is 0 Å². The molecule has 0 saturated carbocycles. The summed E-state index contributed by atoms with van der Waals surface area (Å²) in [5.41, 5.74) is 7.09. The predicted molar refractivity (Wildman–Crippen MR) is 87.8 cm³/mol. The molecule has 0 spiro atoms. The molecule has 0 radical (unpaired) electrons. The van der Waals surface area contributed by atoms with E-state index in [-0.39, 0.29) is 15.5 Å². The first-order valence-electron chi connectivity index (χ1n) is 7.34. The Balaban J connectivity index is 1.95. The normalized spacial score (nSPS) is 15.6. The smallest absolute Gasteiger partial charge is 0.208 e. The van der Waals surface area contributed by atoms with Crippen molar-refractivity contribution >= 4 is 21.2 Å². The van der Waals surface area contributed by atoms with Crippen LogP contribution in [-0.2, 0) is 9.84 Å². The number of benzene rings is 2. The molecule has 3 N–H and O–H groups in total. The fourth-order valence-corrected chi connectivity index (χ4v) is 4.01. The fourth-order valence-electron chi connectivity index (χ4n) is 2.64. The molecule has 2 aromatic carbocycles. The van der Waals surface area contributed by atoms with Crippen LogP contribution >= 0.6 is 0 Å². The first kappa shape index (κ1) is 15.8. The molecule has 1 saturated heterocycles. The monoisotopic (exact) mass is 335 g/mol. The van der Waals surface area contributed by atoms with Gasteiger partial charge >= 0.3 is 0 Å². The van der Waals surface area contributed by atoms with Gasteiger partial charge in [-0.1, -0.05) is 0 Å². The molecule has 0 aromatic heterocycles. The van der Waals surface area contributed by atoms with Gasteiger partial charge in [0.15, 0.2) is 0 Å². The average Bonchev–Trinajstić information content (AvgIpc) is 2.56. The van der Waals surface area contributed by atoms with Crippen LogP contribution in [0.3, 0.4) is 0 Å². The molecule has 1 aliphatic heterocycles. The van der Waals surface area contributed by atoms with E-state index in [0.717, 1.165) is 44.0 Å². The van der Waals surface area contributed by atoms with E-state index < -0.39 is 15.7 Å². The van der Waals surface area contributed by atoms with Crippen molar-refractivity contribution < 1.29 is 12.8 Å². The van der Waals surface area contributed by atoms with Crippen molar-refractivity contribution in [1.82, 2.24) is 5.32 Å². The third-order valence-electron chi connectivity index (χ3n) is 3.89. The SMILES string of the molecule is Nc1cc(N2CCNCC2)ccc1S(=O)(=O)c1ccc(F)cc1. The highest BCUT2D eigenvalue weighted by molar-refractivity contribution is 7.91. The Morgan fingerprint density at radius 2 is 1.70 bits per heavy atom. The largest absolute Gasteiger partial charge is 0.398 e. The molecule has 2 aromatic rings. The minimum absolute atomic E-state index is 0.0283. The third kappa shape index (κ3) is 3.16. The van der Waals surface area contributed by atoms with E-state index in [2.05, 4.69) is 10.2 Å². The second kappa shape index (κ2) is 6.17. The van der Waals surface area contributed by atoms with Crippen LogP contribution in [0.4, 0.5) is 15.8 Å². The van der Waals surface area contributed by atoms with Crippen molar-refractivity contribution in [1.29, 1.82) is 0 Å². The van der Waals surface area contributed by atoms with Crippen molar-refractivity contribution in [3.8, 4) is 0 Å². The van der Waals surface area contributed by atoms with E-state index >= 15 is 0 Å². The number of nitrogen functional groups attached to an aromatic ring is 1. The van der Waals surface area contributed by atoms with E-state index in [1.54, 1.807) is 12.1 Å². The van der Waals surface area contributed by atoms with Gasteiger partial charge in [-0.2, -0.15) is 0 Å². The number of anilines is 2. The van der Waals surface area contributed by atoms with Crippen molar-refractivity contribution in [2.45, 2.75) is 9.79 Å². The Hall–Kier alpha value is -2.12. The van der Waals surface area contributed by atoms with Gasteiger partial charge in [0.25, 0.3) is 0 Å². The van der Waals surface area contributed by atoms with Gasteiger partial charge in [0.1, 0.15) is 5.82 Å². The first-order valence-corrected chi connectivity index (χ1v) is 8.82. The van der Waals surface area contributed by atoms with Gasteiger partial charge in [-0.15, -0.1) is 0 Å².